The van der Waals surface area contributed by atoms with E-state index in [9.17, 15) is 13.2 Å². The van der Waals surface area contributed by atoms with Crippen LogP contribution in [0.3, 0.4) is 0 Å². The molecule has 122 valence electrons. The lowest BCUT2D eigenvalue weighted by molar-refractivity contribution is -0.137. The van der Waals surface area contributed by atoms with Crippen molar-refractivity contribution in [1.29, 1.82) is 0 Å². The second-order valence-electron chi connectivity index (χ2n) is 6.74. The average molecular weight is 311 g/mol. The maximum Gasteiger partial charge on any atom is 0.416 e. The van der Waals surface area contributed by atoms with Crippen molar-refractivity contribution in [2.45, 2.75) is 63.1 Å². The van der Waals surface area contributed by atoms with Crippen molar-refractivity contribution < 1.29 is 13.2 Å². The zero-order chi connectivity index (χ0) is 15.6. The normalized spacial score (nSPS) is 27.8. The van der Waals surface area contributed by atoms with Crippen molar-refractivity contribution in [3.63, 3.8) is 0 Å². The molecule has 0 bridgehead atoms. The van der Waals surface area contributed by atoms with Crippen LogP contribution in [0.15, 0.2) is 24.3 Å². The largest absolute Gasteiger partial charge is 0.416 e. The molecular weight excluding hydrogens is 287 g/mol. The predicted molar refractivity (Wildman–Crippen MR) is 81.9 cm³/mol. The van der Waals surface area contributed by atoms with E-state index in [1.54, 1.807) is 6.07 Å². The van der Waals surface area contributed by atoms with E-state index in [0.29, 0.717) is 6.04 Å². The van der Waals surface area contributed by atoms with Crippen LogP contribution in [0.1, 0.15) is 62.0 Å². The van der Waals surface area contributed by atoms with Crippen LogP contribution in [-0.2, 0) is 6.18 Å². The maximum absolute atomic E-state index is 12.9. The van der Waals surface area contributed by atoms with Gasteiger partial charge in [0.2, 0.25) is 0 Å². The van der Waals surface area contributed by atoms with E-state index in [4.69, 9.17) is 0 Å². The van der Waals surface area contributed by atoms with Gasteiger partial charge in [-0.2, -0.15) is 13.2 Å². The second kappa shape index (κ2) is 6.61. The number of alkyl halides is 3. The maximum atomic E-state index is 12.9. The van der Waals surface area contributed by atoms with Crippen LogP contribution in [0.2, 0.25) is 0 Å². The first-order valence-electron chi connectivity index (χ1n) is 8.45. The highest BCUT2D eigenvalue weighted by atomic mass is 19.4. The number of hydrogen-bond donors (Lipinski definition) is 0. The van der Waals surface area contributed by atoms with Gasteiger partial charge in [-0.15, -0.1) is 0 Å². The Bertz CT molecular complexity index is 491. The standard InChI is InChI=1S/C18H24F3N/c19-18(20,21)16-8-4-6-14(12-16)15-7-5-9-17(13-15)22-10-2-1-3-11-22/h4,6,8,12,15,17H,1-3,5,7,9-11,13H2/t15-,17+/m0/s1. The van der Waals surface area contributed by atoms with Crippen LogP contribution >= 0.6 is 0 Å². The monoisotopic (exact) mass is 311 g/mol. The van der Waals surface area contributed by atoms with Gasteiger partial charge in [0, 0.05) is 6.04 Å². The van der Waals surface area contributed by atoms with E-state index in [-0.39, 0.29) is 5.92 Å². The molecule has 1 aliphatic carbocycles. The fourth-order valence-electron chi connectivity index (χ4n) is 4.05. The molecule has 22 heavy (non-hydrogen) atoms. The summed E-state index contributed by atoms with van der Waals surface area (Å²) in [5.74, 6) is 0.281. The summed E-state index contributed by atoms with van der Waals surface area (Å²) in [6, 6.07) is 6.53. The van der Waals surface area contributed by atoms with Crippen LogP contribution < -0.4 is 0 Å². The number of benzene rings is 1. The summed E-state index contributed by atoms with van der Waals surface area (Å²) in [5.41, 5.74) is 0.363. The summed E-state index contributed by atoms with van der Waals surface area (Å²) >= 11 is 0. The van der Waals surface area contributed by atoms with Gasteiger partial charge in [0.25, 0.3) is 0 Å². The third-order valence-electron chi connectivity index (χ3n) is 5.24. The van der Waals surface area contributed by atoms with Crippen molar-refractivity contribution in [2.24, 2.45) is 0 Å². The summed E-state index contributed by atoms with van der Waals surface area (Å²) in [5, 5.41) is 0. The fraction of sp³-hybridized carbons (Fsp3) is 0.667. The molecule has 1 aromatic carbocycles. The van der Waals surface area contributed by atoms with E-state index < -0.39 is 11.7 Å². The zero-order valence-electron chi connectivity index (χ0n) is 12.9. The lowest BCUT2D eigenvalue weighted by Gasteiger charge is -2.39. The summed E-state index contributed by atoms with van der Waals surface area (Å²) in [7, 11) is 0. The fourth-order valence-corrected chi connectivity index (χ4v) is 4.05. The van der Waals surface area contributed by atoms with Gasteiger partial charge in [0.15, 0.2) is 0 Å². The highest BCUT2D eigenvalue weighted by Gasteiger charge is 2.32. The Morgan fingerprint density at radius 2 is 1.73 bits per heavy atom. The number of nitrogens with zero attached hydrogens (tertiary/aromatic N) is 1. The second-order valence-corrected chi connectivity index (χ2v) is 6.74. The molecule has 1 saturated heterocycles. The highest BCUT2D eigenvalue weighted by molar-refractivity contribution is 5.28. The topological polar surface area (TPSA) is 3.24 Å². The van der Waals surface area contributed by atoms with Gasteiger partial charge in [-0.05, 0) is 62.7 Å². The zero-order valence-corrected chi connectivity index (χ0v) is 12.9. The minimum Gasteiger partial charge on any atom is -0.300 e. The first kappa shape index (κ1) is 15.9. The first-order chi connectivity index (χ1) is 10.5. The molecule has 0 amide bonds. The van der Waals surface area contributed by atoms with Gasteiger partial charge in [-0.1, -0.05) is 31.0 Å². The van der Waals surface area contributed by atoms with E-state index in [1.165, 1.54) is 50.9 Å². The van der Waals surface area contributed by atoms with Gasteiger partial charge in [-0.3, -0.25) is 0 Å². The number of likely N-dealkylation sites (tertiary alicyclic amines) is 1. The number of piperidine rings is 1. The minimum atomic E-state index is -4.24. The Labute approximate surface area is 130 Å². The van der Waals surface area contributed by atoms with Crippen LogP contribution in [0.25, 0.3) is 0 Å². The van der Waals surface area contributed by atoms with E-state index in [0.717, 1.165) is 24.8 Å². The molecule has 0 aromatic heterocycles. The molecule has 2 fully saturated rings. The first-order valence-corrected chi connectivity index (χ1v) is 8.45. The van der Waals surface area contributed by atoms with Crippen LogP contribution in [-0.4, -0.2) is 24.0 Å². The van der Waals surface area contributed by atoms with Crippen molar-refractivity contribution in [3.8, 4) is 0 Å². The molecule has 1 heterocycles. The molecule has 1 nitrogen and oxygen atoms in total. The van der Waals surface area contributed by atoms with Gasteiger partial charge >= 0.3 is 6.18 Å². The van der Waals surface area contributed by atoms with Gasteiger partial charge in [-0.25, -0.2) is 0 Å². The van der Waals surface area contributed by atoms with Crippen LogP contribution in [0.5, 0.6) is 0 Å². The molecule has 1 saturated carbocycles. The summed E-state index contributed by atoms with van der Waals surface area (Å²) in [6.45, 7) is 2.33. The summed E-state index contributed by atoms with van der Waals surface area (Å²) < 4.78 is 38.7. The Hall–Kier alpha value is -1.03. The number of rotatable bonds is 2. The third-order valence-corrected chi connectivity index (χ3v) is 5.24. The van der Waals surface area contributed by atoms with Gasteiger partial charge < -0.3 is 4.90 Å². The molecule has 2 aliphatic rings. The predicted octanol–water partition coefficient (Wildman–Crippen LogP) is 5.22. The molecule has 0 unspecified atom stereocenters. The molecule has 0 N–H and O–H groups in total. The Morgan fingerprint density at radius 3 is 2.45 bits per heavy atom. The molecule has 0 spiro atoms. The number of halogens is 3. The van der Waals surface area contributed by atoms with Gasteiger partial charge in [0.05, 0.1) is 5.56 Å². The highest BCUT2D eigenvalue weighted by Crippen LogP contribution is 2.38. The van der Waals surface area contributed by atoms with Crippen LogP contribution in [0.4, 0.5) is 13.2 Å². The Morgan fingerprint density at radius 1 is 0.955 bits per heavy atom. The van der Waals surface area contributed by atoms with Crippen molar-refractivity contribution >= 4 is 0 Å². The Balaban J connectivity index is 1.71. The number of hydrogen-bond acceptors (Lipinski definition) is 1. The lowest BCUT2D eigenvalue weighted by Crippen LogP contribution is -2.41. The molecule has 1 aliphatic heterocycles. The van der Waals surface area contributed by atoms with Gasteiger partial charge in [0.1, 0.15) is 0 Å². The SMILES string of the molecule is FC(F)(F)c1cccc([C@H]2CCC[C@@H](N3CCCCC3)C2)c1. The summed E-state index contributed by atoms with van der Waals surface area (Å²) in [4.78, 5) is 2.57. The molecule has 2 atom stereocenters. The summed E-state index contributed by atoms with van der Waals surface area (Å²) in [6.07, 6.45) is 3.98. The molecule has 0 radical (unpaired) electrons. The van der Waals surface area contributed by atoms with E-state index in [1.807, 2.05) is 6.07 Å². The van der Waals surface area contributed by atoms with Crippen molar-refractivity contribution in [1.82, 2.24) is 4.90 Å². The third kappa shape index (κ3) is 3.65. The Kier molecular flexibility index (Phi) is 4.76. The average Bonchev–Trinajstić information content (AvgIpc) is 2.55. The molecule has 1 aromatic rings. The smallest absolute Gasteiger partial charge is 0.300 e. The van der Waals surface area contributed by atoms with Crippen molar-refractivity contribution in [2.75, 3.05) is 13.1 Å². The molecular formula is C18H24F3N. The minimum absolute atomic E-state index is 0.281. The van der Waals surface area contributed by atoms with E-state index >= 15 is 0 Å². The quantitative estimate of drug-likeness (QED) is 0.724. The van der Waals surface area contributed by atoms with E-state index in [2.05, 4.69) is 4.90 Å². The molecule has 3 rings (SSSR count). The molecule has 4 heteroatoms. The lowest BCUT2D eigenvalue weighted by atomic mass is 9.80. The van der Waals surface area contributed by atoms with Crippen LogP contribution in [0, 0.1) is 0 Å². The van der Waals surface area contributed by atoms with Crippen molar-refractivity contribution in [3.05, 3.63) is 35.4 Å².